The number of hydrogen-bond donors (Lipinski definition) is 1. The van der Waals surface area contributed by atoms with Gasteiger partial charge in [0.05, 0.1) is 18.4 Å². The molecule has 5 heteroatoms. The summed E-state index contributed by atoms with van der Waals surface area (Å²) in [5, 5.41) is 9.18. The molecule has 28 heavy (non-hydrogen) atoms. The Labute approximate surface area is 166 Å². The van der Waals surface area contributed by atoms with Crippen molar-refractivity contribution in [1.82, 2.24) is 4.98 Å². The molecule has 3 rings (SSSR count). The van der Waals surface area contributed by atoms with E-state index in [4.69, 9.17) is 13.9 Å². The van der Waals surface area contributed by atoms with Crippen LogP contribution in [0.15, 0.2) is 59.0 Å². The first kappa shape index (κ1) is 20.1. The lowest BCUT2D eigenvalue weighted by atomic mass is 10.1. The summed E-state index contributed by atoms with van der Waals surface area (Å²) in [6, 6.07) is 17.7. The average molecular weight is 381 g/mol. The molecule has 5 nitrogen and oxygen atoms in total. The Bertz CT molecular complexity index is 837. The molecule has 1 N–H and O–H groups in total. The lowest BCUT2D eigenvalue weighted by Crippen LogP contribution is -2.07. The number of oxazole rings is 1. The second-order valence-corrected chi connectivity index (χ2v) is 6.51. The van der Waals surface area contributed by atoms with Gasteiger partial charge in [-0.15, -0.1) is 0 Å². The van der Waals surface area contributed by atoms with Gasteiger partial charge in [-0.2, -0.15) is 0 Å². The molecule has 1 aromatic heterocycles. The van der Waals surface area contributed by atoms with Crippen molar-refractivity contribution in [1.29, 1.82) is 0 Å². The third-order valence-corrected chi connectivity index (χ3v) is 4.53. The van der Waals surface area contributed by atoms with Gasteiger partial charge >= 0.3 is 0 Å². The predicted octanol–water partition coefficient (Wildman–Crippen LogP) is 4.73. The number of ether oxygens (including phenoxy) is 2. The van der Waals surface area contributed by atoms with Crippen LogP contribution in [0, 0.1) is 6.92 Å². The van der Waals surface area contributed by atoms with Crippen LogP contribution in [-0.2, 0) is 11.2 Å². The van der Waals surface area contributed by atoms with E-state index in [0.29, 0.717) is 31.9 Å². The molecule has 0 amide bonds. The van der Waals surface area contributed by atoms with Gasteiger partial charge in [-0.05, 0) is 43.7 Å². The monoisotopic (exact) mass is 381 g/mol. The van der Waals surface area contributed by atoms with Crippen molar-refractivity contribution in [3.05, 3.63) is 71.6 Å². The fraction of sp³-hybridized carbons (Fsp3) is 0.348. The minimum atomic E-state index is -0.0850. The number of aryl methyl sites for hydroxylation is 1. The average Bonchev–Trinajstić information content (AvgIpc) is 3.10. The van der Waals surface area contributed by atoms with E-state index in [1.807, 2.05) is 68.4 Å². The maximum atomic E-state index is 9.18. The largest absolute Gasteiger partial charge is 0.493 e. The fourth-order valence-electron chi connectivity index (χ4n) is 3.07. The highest BCUT2D eigenvalue weighted by molar-refractivity contribution is 5.53. The van der Waals surface area contributed by atoms with E-state index >= 15 is 0 Å². The molecule has 2 aromatic carbocycles. The Morgan fingerprint density at radius 3 is 2.50 bits per heavy atom. The fourth-order valence-corrected chi connectivity index (χ4v) is 3.07. The lowest BCUT2D eigenvalue weighted by molar-refractivity contribution is 0.0432. The molecule has 3 aromatic rings. The Balaban J connectivity index is 1.56. The number of benzene rings is 2. The van der Waals surface area contributed by atoms with E-state index in [1.165, 1.54) is 0 Å². The highest BCUT2D eigenvalue weighted by Gasteiger charge is 2.12. The number of aromatic nitrogens is 1. The van der Waals surface area contributed by atoms with E-state index in [0.717, 1.165) is 28.3 Å². The van der Waals surface area contributed by atoms with Crippen molar-refractivity contribution in [3.8, 4) is 17.2 Å². The number of hydrogen-bond acceptors (Lipinski definition) is 5. The van der Waals surface area contributed by atoms with Crippen LogP contribution in [0.3, 0.4) is 0 Å². The SMILES string of the molecule is CCOC(CCO)c1ccc(OCCc2nc(-c3ccccc3)oc2C)cc1. The number of nitrogens with zero attached hydrogens (tertiary/aromatic N) is 1. The zero-order valence-electron chi connectivity index (χ0n) is 16.4. The van der Waals surface area contributed by atoms with Crippen LogP contribution in [0.4, 0.5) is 0 Å². The first-order valence-electron chi connectivity index (χ1n) is 9.68. The molecule has 1 heterocycles. The Kier molecular flexibility index (Phi) is 7.23. The number of rotatable bonds is 10. The maximum absolute atomic E-state index is 9.18. The molecular weight excluding hydrogens is 354 g/mol. The van der Waals surface area contributed by atoms with E-state index in [9.17, 15) is 5.11 Å². The smallest absolute Gasteiger partial charge is 0.226 e. The van der Waals surface area contributed by atoms with Gasteiger partial charge in [0.1, 0.15) is 11.5 Å². The first-order chi connectivity index (χ1) is 13.7. The molecule has 0 saturated heterocycles. The second-order valence-electron chi connectivity index (χ2n) is 6.51. The summed E-state index contributed by atoms with van der Waals surface area (Å²) in [5.74, 6) is 2.26. The van der Waals surface area contributed by atoms with Gasteiger partial charge in [0, 0.05) is 31.6 Å². The maximum Gasteiger partial charge on any atom is 0.226 e. The van der Waals surface area contributed by atoms with Gasteiger partial charge in [0.2, 0.25) is 5.89 Å². The first-order valence-corrected chi connectivity index (χ1v) is 9.68. The standard InChI is InChI=1S/C23H27NO4/c1-3-26-22(13-15-25)18-9-11-20(12-10-18)27-16-14-21-17(2)28-23(24-21)19-7-5-4-6-8-19/h4-12,22,25H,3,13-16H2,1-2H3. The summed E-state index contributed by atoms with van der Waals surface area (Å²) in [5.41, 5.74) is 2.93. The molecule has 0 aliphatic heterocycles. The van der Waals surface area contributed by atoms with Crippen molar-refractivity contribution >= 4 is 0 Å². The van der Waals surface area contributed by atoms with Gasteiger partial charge in [-0.1, -0.05) is 30.3 Å². The topological polar surface area (TPSA) is 64.7 Å². The predicted molar refractivity (Wildman–Crippen MR) is 108 cm³/mol. The minimum Gasteiger partial charge on any atom is -0.493 e. The van der Waals surface area contributed by atoms with Crippen LogP contribution in [0.2, 0.25) is 0 Å². The van der Waals surface area contributed by atoms with Gasteiger partial charge in [-0.3, -0.25) is 0 Å². The molecular formula is C23H27NO4. The summed E-state index contributed by atoms with van der Waals surface area (Å²) in [6.07, 6.45) is 1.18. The molecule has 0 fully saturated rings. The van der Waals surface area contributed by atoms with Crippen molar-refractivity contribution in [2.45, 2.75) is 32.8 Å². The summed E-state index contributed by atoms with van der Waals surface area (Å²) in [6.45, 7) is 5.12. The summed E-state index contributed by atoms with van der Waals surface area (Å²) in [7, 11) is 0. The van der Waals surface area contributed by atoms with E-state index in [-0.39, 0.29) is 12.7 Å². The summed E-state index contributed by atoms with van der Waals surface area (Å²) < 4.78 is 17.3. The Morgan fingerprint density at radius 1 is 1.07 bits per heavy atom. The zero-order chi connectivity index (χ0) is 19.8. The summed E-state index contributed by atoms with van der Waals surface area (Å²) >= 11 is 0. The van der Waals surface area contributed by atoms with Crippen LogP contribution in [0.1, 0.15) is 36.5 Å². The second kappa shape index (κ2) is 10.1. The normalized spacial score (nSPS) is 12.1. The van der Waals surface area contributed by atoms with Crippen LogP contribution in [-0.4, -0.2) is 29.9 Å². The van der Waals surface area contributed by atoms with Gasteiger partial charge < -0.3 is 19.0 Å². The molecule has 148 valence electrons. The van der Waals surface area contributed by atoms with Gasteiger partial charge in [0.15, 0.2) is 0 Å². The van der Waals surface area contributed by atoms with Crippen LogP contribution < -0.4 is 4.74 Å². The summed E-state index contributed by atoms with van der Waals surface area (Å²) in [4.78, 5) is 4.60. The molecule has 0 radical (unpaired) electrons. The Morgan fingerprint density at radius 2 is 1.82 bits per heavy atom. The van der Waals surface area contributed by atoms with Crippen molar-refractivity contribution < 1.29 is 19.0 Å². The third kappa shape index (κ3) is 5.21. The highest BCUT2D eigenvalue weighted by atomic mass is 16.5. The molecule has 0 aliphatic rings. The van der Waals surface area contributed by atoms with Gasteiger partial charge in [0.25, 0.3) is 0 Å². The number of aliphatic hydroxyl groups is 1. The van der Waals surface area contributed by atoms with Crippen LogP contribution in [0.5, 0.6) is 5.75 Å². The number of aliphatic hydroxyl groups excluding tert-OH is 1. The molecule has 0 aliphatic carbocycles. The minimum absolute atomic E-state index is 0.0850. The molecule has 0 saturated carbocycles. The third-order valence-electron chi connectivity index (χ3n) is 4.53. The quantitative estimate of drug-likeness (QED) is 0.550. The highest BCUT2D eigenvalue weighted by Crippen LogP contribution is 2.24. The van der Waals surface area contributed by atoms with Crippen molar-refractivity contribution in [2.24, 2.45) is 0 Å². The lowest BCUT2D eigenvalue weighted by Gasteiger charge is -2.16. The zero-order valence-corrected chi connectivity index (χ0v) is 16.4. The van der Waals surface area contributed by atoms with Gasteiger partial charge in [-0.25, -0.2) is 4.98 Å². The van der Waals surface area contributed by atoms with Crippen LogP contribution >= 0.6 is 0 Å². The van der Waals surface area contributed by atoms with Crippen molar-refractivity contribution in [2.75, 3.05) is 19.8 Å². The van der Waals surface area contributed by atoms with E-state index in [2.05, 4.69) is 4.98 Å². The molecule has 0 spiro atoms. The van der Waals surface area contributed by atoms with Crippen LogP contribution in [0.25, 0.3) is 11.5 Å². The molecule has 0 bridgehead atoms. The van der Waals surface area contributed by atoms with E-state index in [1.54, 1.807) is 0 Å². The Hall–Kier alpha value is -2.63. The molecule has 1 unspecified atom stereocenters. The van der Waals surface area contributed by atoms with Crippen molar-refractivity contribution in [3.63, 3.8) is 0 Å². The van der Waals surface area contributed by atoms with E-state index < -0.39 is 0 Å². The molecule has 1 atom stereocenters.